The van der Waals surface area contributed by atoms with Gasteiger partial charge in [-0.25, -0.2) is 4.79 Å². The number of nitrogens with zero attached hydrogens (tertiary/aromatic N) is 4. The van der Waals surface area contributed by atoms with Gasteiger partial charge in [0.15, 0.2) is 5.69 Å². The van der Waals surface area contributed by atoms with Gasteiger partial charge in [-0.3, -0.25) is 14.2 Å². The van der Waals surface area contributed by atoms with E-state index in [0.29, 0.717) is 30.9 Å². The zero-order chi connectivity index (χ0) is 22.9. The summed E-state index contributed by atoms with van der Waals surface area (Å²) in [6.45, 7) is 8.95. The fourth-order valence-corrected chi connectivity index (χ4v) is 4.67. The van der Waals surface area contributed by atoms with Crippen molar-refractivity contribution in [1.29, 1.82) is 0 Å². The van der Waals surface area contributed by atoms with E-state index >= 15 is 0 Å². The first-order valence-corrected chi connectivity index (χ1v) is 11.4. The maximum absolute atomic E-state index is 12.9. The van der Waals surface area contributed by atoms with E-state index in [0.717, 1.165) is 49.4 Å². The van der Waals surface area contributed by atoms with Crippen LogP contribution in [-0.2, 0) is 35.9 Å². The molecule has 1 fully saturated rings. The highest BCUT2D eigenvalue weighted by Gasteiger charge is 2.39. The van der Waals surface area contributed by atoms with Crippen LogP contribution >= 0.6 is 0 Å². The molecule has 2 aliphatic heterocycles. The van der Waals surface area contributed by atoms with Gasteiger partial charge in [-0.15, -0.1) is 0 Å². The summed E-state index contributed by atoms with van der Waals surface area (Å²) in [5, 5.41) is 12.1. The van der Waals surface area contributed by atoms with E-state index in [1.54, 1.807) is 17.8 Å². The number of hydrogen-bond donors (Lipinski definition) is 1. The molecule has 1 amide bonds. The average Bonchev–Trinajstić information content (AvgIpc) is 3.25. The fraction of sp³-hybridized carbons (Fsp3) is 0.652. The Kier molecular flexibility index (Phi) is 6.37. The summed E-state index contributed by atoms with van der Waals surface area (Å²) >= 11 is 0. The molecule has 2 aromatic heterocycles. The van der Waals surface area contributed by atoms with Gasteiger partial charge in [-0.1, -0.05) is 6.92 Å². The van der Waals surface area contributed by atoms with Crippen molar-refractivity contribution in [2.24, 2.45) is 18.4 Å². The second-order valence-electron chi connectivity index (χ2n) is 9.26. The molecule has 174 valence electrons. The van der Waals surface area contributed by atoms with Crippen molar-refractivity contribution in [3.8, 4) is 0 Å². The van der Waals surface area contributed by atoms with Gasteiger partial charge in [-0.2, -0.15) is 10.2 Å². The van der Waals surface area contributed by atoms with Crippen LogP contribution in [0.15, 0.2) is 6.07 Å². The van der Waals surface area contributed by atoms with E-state index in [9.17, 15) is 9.59 Å². The third-order valence-electron chi connectivity index (χ3n) is 6.74. The lowest BCUT2D eigenvalue weighted by molar-refractivity contribution is 0.0160. The average molecular weight is 444 g/mol. The van der Waals surface area contributed by atoms with Crippen LogP contribution in [0.3, 0.4) is 0 Å². The van der Waals surface area contributed by atoms with Crippen molar-refractivity contribution in [3.05, 3.63) is 34.4 Å². The molecular formula is C23H33N5O4. The molecule has 4 rings (SSSR count). The van der Waals surface area contributed by atoms with E-state index < -0.39 is 5.97 Å². The zero-order valence-corrected chi connectivity index (χ0v) is 19.4. The van der Waals surface area contributed by atoms with Gasteiger partial charge in [0.05, 0.1) is 12.3 Å². The molecule has 1 atom stereocenters. The van der Waals surface area contributed by atoms with Crippen LogP contribution < -0.4 is 5.32 Å². The number of rotatable bonds is 6. The predicted molar refractivity (Wildman–Crippen MR) is 118 cm³/mol. The van der Waals surface area contributed by atoms with Crippen LogP contribution in [0.5, 0.6) is 0 Å². The third-order valence-corrected chi connectivity index (χ3v) is 6.74. The summed E-state index contributed by atoms with van der Waals surface area (Å²) in [5.74, 6) is -0.405. The molecule has 1 saturated heterocycles. The second kappa shape index (κ2) is 9.05. The number of fused-ring (bicyclic) bond motifs is 1. The molecule has 0 aliphatic carbocycles. The van der Waals surface area contributed by atoms with Crippen LogP contribution in [0, 0.1) is 18.3 Å². The Labute approximate surface area is 188 Å². The molecule has 9 nitrogen and oxygen atoms in total. The normalized spacial score (nSPS) is 18.7. The number of aromatic nitrogens is 4. The van der Waals surface area contributed by atoms with E-state index in [2.05, 4.69) is 10.4 Å². The molecule has 1 unspecified atom stereocenters. The lowest BCUT2D eigenvalue weighted by Gasteiger charge is -2.36. The maximum Gasteiger partial charge on any atom is 0.358 e. The van der Waals surface area contributed by atoms with Gasteiger partial charge in [-0.05, 0) is 56.9 Å². The largest absolute Gasteiger partial charge is 0.461 e. The lowest BCUT2D eigenvalue weighted by Crippen LogP contribution is -2.40. The molecular weight excluding hydrogens is 410 g/mol. The number of amides is 1. The van der Waals surface area contributed by atoms with Crippen molar-refractivity contribution in [1.82, 2.24) is 24.9 Å². The van der Waals surface area contributed by atoms with Crippen LogP contribution in [0.1, 0.15) is 64.6 Å². The van der Waals surface area contributed by atoms with Crippen LogP contribution in [-0.4, -0.2) is 57.8 Å². The Morgan fingerprint density at radius 3 is 2.75 bits per heavy atom. The van der Waals surface area contributed by atoms with E-state index in [4.69, 9.17) is 14.6 Å². The smallest absolute Gasteiger partial charge is 0.358 e. The number of hydrogen-bond acceptors (Lipinski definition) is 6. The lowest BCUT2D eigenvalue weighted by atomic mass is 9.75. The Hall–Kier alpha value is -2.68. The topological polar surface area (TPSA) is 100 Å². The molecule has 2 aliphatic rings. The summed E-state index contributed by atoms with van der Waals surface area (Å²) < 4.78 is 14.6. The minimum Gasteiger partial charge on any atom is -0.461 e. The number of ether oxygens (including phenoxy) is 2. The number of carbonyl (C=O) groups excluding carboxylic acids is 2. The number of carbonyl (C=O) groups is 2. The van der Waals surface area contributed by atoms with Gasteiger partial charge in [0.1, 0.15) is 5.69 Å². The Morgan fingerprint density at radius 1 is 1.34 bits per heavy atom. The van der Waals surface area contributed by atoms with Crippen molar-refractivity contribution in [2.45, 2.75) is 53.0 Å². The molecule has 2 aromatic rings. The summed E-state index contributed by atoms with van der Waals surface area (Å²) in [4.78, 5) is 25.3. The molecule has 0 saturated carbocycles. The minimum absolute atomic E-state index is 0.0159. The molecule has 0 radical (unpaired) electrons. The summed E-state index contributed by atoms with van der Waals surface area (Å²) in [6.07, 6.45) is 3.32. The van der Waals surface area contributed by atoms with Crippen molar-refractivity contribution in [3.63, 3.8) is 0 Å². The molecule has 0 bridgehead atoms. The zero-order valence-electron chi connectivity index (χ0n) is 19.4. The number of esters is 1. The van der Waals surface area contributed by atoms with Crippen molar-refractivity contribution < 1.29 is 19.1 Å². The molecule has 4 heterocycles. The van der Waals surface area contributed by atoms with Gasteiger partial charge in [0, 0.05) is 44.6 Å². The standard InChI is InChI=1S/C23H33N5O4/c1-5-28-20-17(12-23(14-24-21(20)29)6-8-31-9-7-23)18(26-28)10-15(2)13-32-22(30)19-11-16(3)27(4)25-19/h11,15H,5-10,12-14H2,1-4H3,(H,24,29). The third kappa shape index (κ3) is 4.44. The quantitative estimate of drug-likeness (QED) is 0.686. The highest BCUT2D eigenvalue weighted by molar-refractivity contribution is 5.94. The van der Waals surface area contributed by atoms with E-state index in [1.807, 2.05) is 25.5 Å². The van der Waals surface area contributed by atoms with E-state index in [-0.39, 0.29) is 23.8 Å². The first-order valence-electron chi connectivity index (χ1n) is 11.4. The Balaban J connectivity index is 1.50. The monoisotopic (exact) mass is 443 g/mol. The van der Waals surface area contributed by atoms with Crippen LogP contribution in [0.4, 0.5) is 0 Å². The van der Waals surface area contributed by atoms with Crippen molar-refractivity contribution >= 4 is 11.9 Å². The number of nitrogens with one attached hydrogen (secondary N) is 1. The summed E-state index contributed by atoms with van der Waals surface area (Å²) in [6, 6.07) is 1.72. The Morgan fingerprint density at radius 2 is 2.09 bits per heavy atom. The molecule has 1 N–H and O–H groups in total. The number of aryl methyl sites for hydroxylation is 3. The first kappa shape index (κ1) is 22.5. The summed E-state index contributed by atoms with van der Waals surface area (Å²) in [5.41, 5.74) is 3.89. The molecule has 0 aromatic carbocycles. The highest BCUT2D eigenvalue weighted by Crippen LogP contribution is 2.38. The Bertz CT molecular complexity index is 983. The predicted octanol–water partition coefficient (Wildman–Crippen LogP) is 2.06. The van der Waals surface area contributed by atoms with Gasteiger partial charge in [0.2, 0.25) is 0 Å². The maximum atomic E-state index is 12.9. The second-order valence-corrected chi connectivity index (χ2v) is 9.26. The molecule has 1 spiro atoms. The van der Waals surface area contributed by atoms with Crippen LogP contribution in [0.2, 0.25) is 0 Å². The summed E-state index contributed by atoms with van der Waals surface area (Å²) in [7, 11) is 1.80. The van der Waals surface area contributed by atoms with Gasteiger partial charge < -0.3 is 14.8 Å². The highest BCUT2D eigenvalue weighted by atomic mass is 16.5. The molecule has 9 heteroatoms. The van der Waals surface area contributed by atoms with Crippen LogP contribution in [0.25, 0.3) is 0 Å². The van der Waals surface area contributed by atoms with Gasteiger partial charge in [0.25, 0.3) is 5.91 Å². The van der Waals surface area contributed by atoms with Gasteiger partial charge >= 0.3 is 5.97 Å². The first-order chi connectivity index (χ1) is 15.3. The van der Waals surface area contributed by atoms with E-state index in [1.165, 1.54) is 0 Å². The molecule has 32 heavy (non-hydrogen) atoms. The minimum atomic E-state index is -0.418. The SMILES string of the molecule is CCn1nc(CC(C)COC(=O)c2cc(C)n(C)n2)c2c1C(=O)NCC1(CCOCC1)C2. The van der Waals surface area contributed by atoms with Crippen molar-refractivity contribution in [2.75, 3.05) is 26.4 Å². The fourth-order valence-electron chi connectivity index (χ4n) is 4.67.